The normalized spacial score (nSPS) is 18.1. The molecule has 0 aliphatic carbocycles. The number of rotatable bonds is 1. The molecule has 0 atom stereocenters. The summed E-state index contributed by atoms with van der Waals surface area (Å²) in [5, 5.41) is 3.10. The van der Waals surface area contributed by atoms with Crippen LogP contribution in [0.2, 0.25) is 0 Å². The van der Waals surface area contributed by atoms with Crippen molar-refractivity contribution in [2.75, 3.05) is 13.1 Å². The molecule has 4 rings (SSSR count). The number of hydrogen-bond donors (Lipinski definition) is 1. The van der Waals surface area contributed by atoms with Crippen LogP contribution in [0.3, 0.4) is 0 Å². The average Bonchev–Trinajstić information content (AvgIpc) is 2.52. The summed E-state index contributed by atoms with van der Waals surface area (Å²) in [7, 11) is 0. The van der Waals surface area contributed by atoms with Crippen molar-refractivity contribution in [3.63, 3.8) is 0 Å². The Morgan fingerprint density at radius 3 is 2.52 bits per heavy atom. The van der Waals surface area contributed by atoms with Crippen LogP contribution in [-0.2, 0) is 6.42 Å². The van der Waals surface area contributed by atoms with E-state index in [0.717, 1.165) is 23.1 Å². The van der Waals surface area contributed by atoms with Gasteiger partial charge in [0.2, 0.25) is 0 Å². The Bertz CT molecular complexity index is 789. The first-order chi connectivity index (χ1) is 11.1. The summed E-state index contributed by atoms with van der Waals surface area (Å²) in [6.45, 7) is 3.14. The number of nitrogens with zero attached hydrogens (tertiary/aromatic N) is 1. The lowest BCUT2D eigenvalue weighted by Gasteiger charge is -2.52. The van der Waals surface area contributed by atoms with E-state index in [4.69, 9.17) is 0 Å². The predicted octanol–water partition coefficient (Wildman–Crippen LogP) is 2.18. The summed E-state index contributed by atoms with van der Waals surface area (Å²) in [5.74, 6) is -0.00184. The number of hydrogen-bond acceptors (Lipinski definition) is 2. The highest BCUT2D eigenvalue weighted by Gasteiger charge is 2.48. The van der Waals surface area contributed by atoms with Gasteiger partial charge in [-0.15, -0.1) is 0 Å². The third kappa shape index (κ3) is 2.31. The van der Waals surface area contributed by atoms with E-state index in [1.54, 1.807) is 4.90 Å². The number of carbonyl (C=O) groups excluding carboxylic acids is 2. The van der Waals surface area contributed by atoms with Gasteiger partial charge in [0.25, 0.3) is 11.8 Å². The first-order valence-corrected chi connectivity index (χ1v) is 7.83. The van der Waals surface area contributed by atoms with Gasteiger partial charge in [0.15, 0.2) is 0 Å². The fraction of sp³-hybridized carbons (Fsp3) is 0.263. The number of carbonyl (C=O) groups is 2. The van der Waals surface area contributed by atoms with Gasteiger partial charge in [-0.2, -0.15) is 0 Å². The molecule has 1 spiro atoms. The minimum Gasteiger partial charge on any atom is -0.343 e. The number of benzene rings is 2. The molecular formula is C19H18N2O2. The maximum atomic E-state index is 12.5. The minimum absolute atomic E-state index is 0.0312. The summed E-state index contributed by atoms with van der Waals surface area (Å²) in [6.07, 6.45) is 0.784. The lowest BCUT2D eigenvalue weighted by molar-refractivity contribution is 0.0253. The Balaban J connectivity index is 1.50. The Hall–Kier alpha value is -2.62. The maximum absolute atomic E-state index is 12.5. The van der Waals surface area contributed by atoms with Crippen LogP contribution in [0.15, 0.2) is 48.5 Å². The van der Waals surface area contributed by atoms with E-state index in [2.05, 4.69) is 5.32 Å². The van der Waals surface area contributed by atoms with Gasteiger partial charge in [-0.25, -0.2) is 0 Å². The molecule has 4 nitrogen and oxygen atoms in total. The van der Waals surface area contributed by atoms with E-state index in [-0.39, 0.29) is 17.4 Å². The summed E-state index contributed by atoms with van der Waals surface area (Å²) in [6, 6.07) is 15.3. The van der Waals surface area contributed by atoms with Crippen LogP contribution in [0.4, 0.5) is 0 Å². The molecule has 1 saturated heterocycles. The van der Waals surface area contributed by atoms with E-state index in [9.17, 15) is 9.59 Å². The lowest BCUT2D eigenvalue weighted by Crippen LogP contribution is -2.73. The zero-order chi connectivity index (χ0) is 16.0. The van der Waals surface area contributed by atoms with Gasteiger partial charge < -0.3 is 10.2 Å². The molecule has 0 saturated carbocycles. The second kappa shape index (κ2) is 4.95. The lowest BCUT2D eigenvalue weighted by atomic mass is 9.78. The van der Waals surface area contributed by atoms with Gasteiger partial charge >= 0.3 is 0 Å². The largest absolute Gasteiger partial charge is 0.343 e. The van der Waals surface area contributed by atoms with Gasteiger partial charge in [0, 0.05) is 24.2 Å². The standard InChI is InChI=1S/C19H18N2O2/c1-13-6-8-14(9-7-13)18(23)21-11-19(12-21)10-15-4-2-3-5-16(15)17(22)20-19/h2-9H,10-12H2,1H3,(H,20,22). The second-order valence-corrected chi connectivity index (χ2v) is 6.60. The molecule has 1 fully saturated rings. The van der Waals surface area contributed by atoms with Gasteiger partial charge in [-0.1, -0.05) is 35.9 Å². The predicted molar refractivity (Wildman–Crippen MR) is 87.4 cm³/mol. The van der Waals surface area contributed by atoms with E-state index in [1.807, 2.05) is 55.5 Å². The van der Waals surface area contributed by atoms with Crippen molar-refractivity contribution >= 4 is 11.8 Å². The summed E-state index contributed by atoms with van der Waals surface area (Å²) in [5.41, 5.74) is 3.36. The van der Waals surface area contributed by atoms with Crippen LogP contribution < -0.4 is 5.32 Å². The van der Waals surface area contributed by atoms with Crippen molar-refractivity contribution < 1.29 is 9.59 Å². The van der Waals surface area contributed by atoms with Crippen LogP contribution in [-0.4, -0.2) is 35.3 Å². The fourth-order valence-corrected chi connectivity index (χ4v) is 3.51. The van der Waals surface area contributed by atoms with Crippen molar-refractivity contribution in [3.05, 3.63) is 70.8 Å². The highest BCUT2D eigenvalue weighted by atomic mass is 16.2. The molecule has 2 aromatic carbocycles. The molecule has 116 valence electrons. The molecule has 2 aromatic rings. The zero-order valence-corrected chi connectivity index (χ0v) is 13.0. The van der Waals surface area contributed by atoms with Crippen molar-refractivity contribution in [3.8, 4) is 0 Å². The third-order valence-electron chi connectivity index (χ3n) is 4.74. The number of amides is 2. The molecule has 0 aromatic heterocycles. The summed E-state index contributed by atoms with van der Waals surface area (Å²) < 4.78 is 0. The zero-order valence-electron chi connectivity index (χ0n) is 13.0. The molecule has 2 aliphatic heterocycles. The van der Waals surface area contributed by atoms with Gasteiger partial charge in [0.05, 0.1) is 5.54 Å². The van der Waals surface area contributed by atoms with E-state index >= 15 is 0 Å². The molecule has 4 heteroatoms. The summed E-state index contributed by atoms with van der Waals surface area (Å²) in [4.78, 5) is 26.6. The smallest absolute Gasteiger partial charge is 0.254 e. The Morgan fingerprint density at radius 1 is 1.09 bits per heavy atom. The van der Waals surface area contributed by atoms with Crippen molar-refractivity contribution in [1.29, 1.82) is 0 Å². The highest BCUT2D eigenvalue weighted by molar-refractivity contribution is 5.99. The van der Waals surface area contributed by atoms with E-state index < -0.39 is 0 Å². The van der Waals surface area contributed by atoms with Gasteiger partial charge in [-0.05, 0) is 37.1 Å². The van der Waals surface area contributed by atoms with Crippen LogP contribution >= 0.6 is 0 Å². The molecule has 2 aliphatic rings. The molecule has 2 heterocycles. The quantitative estimate of drug-likeness (QED) is 0.878. The van der Waals surface area contributed by atoms with E-state index in [1.165, 1.54) is 0 Å². The third-order valence-corrected chi connectivity index (χ3v) is 4.74. The molecule has 0 radical (unpaired) electrons. The molecule has 0 bridgehead atoms. The van der Waals surface area contributed by atoms with Crippen LogP contribution in [0, 0.1) is 6.92 Å². The highest BCUT2D eigenvalue weighted by Crippen LogP contribution is 2.31. The van der Waals surface area contributed by atoms with Crippen LogP contribution in [0.1, 0.15) is 31.8 Å². The topological polar surface area (TPSA) is 49.4 Å². The van der Waals surface area contributed by atoms with Gasteiger partial charge in [0.1, 0.15) is 0 Å². The Morgan fingerprint density at radius 2 is 1.78 bits per heavy atom. The van der Waals surface area contributed by atoms with E-state index in [0.29, 0.717) is 18.7 Å². The Labute approximate surface area is 135 Å². The molecular weight excluding hydrogens is 288 g/mol. The Kier molecular flexibility index (Phi) is 3.01. The van der Waals surface area contributed by atoms with Crippen molar-refractivity contribution in [2.45, 2.75) is 18.9 Å². The van der Waals surface area contributed by atoms with Crippen molar-refractivity contribution in [1.82, 2.24) is 10.2 Å². The molecule has 2 amide bonds. The average molecular weight is 306 g/mol. The van der Waals surface area contributed by atoms with Gasteiger partial charge in [-0.3, -0.25) is 9.59 Å². The molecule has 1 N–H and O–H groups in total. The number of nitrogens with one attached hydrogen (secondary N) is 1. The maximum Gasteiger partial charge on any atom is 0.254 e. The fourth-order valence-electron chi connectivity index (χ4n) is 3.51. The monoisotopic (exact) mass is 306 g/mol. The number of likely N-dealkylation sites (tertiary alicyclic amines) is 1. The first-order valence-electron chi connectivity index (χ1n) is 7.83. The molecule has 23 heavy (non-hydrogen) atoms. The van der Waals surface area contributed by atoms with Crippen LogP contribution in [0.5, 0.6) is 0 Å². The number of aryl methyl sites for hydroxylation is 1. The minimum atomic E-state index is -0.300. The van der Waals surface area contributed by atoms with Crippen molar-refractivity contribution in [2.24, 2.45) is 0 Å². The molecule has 0 unspecified atom stereocenters. The number of fused-ring (bicyclic) bond motifs is 1. The first kappa shape index (κ1) is 14.0. The second-order valence-electron chi connectivity index (χ2n) is 6.60. The van der Waals surface area contributed by atoms with Crippen LogP contribution in [0.25, 0.3) is 0 Å². The SMILES string of the molecule is Cc1ccc(C(=O)N2CC3(Cc4ccccc4C(=O)N3)C2)cc1. The summed E-state index contributed by atoms with van der Waals surface area (Å²) >= 11 is 0.